The molecule has 35 heavy (non-hydrogen) atoms. The quantitative estimate of drug-likeness (QED) is 0.369. The standard InChI is InChI=1S/C19H28.C6H4F2.2C2H6.2C2H4/c1-4-16-7-11-18(12-8-16)19-13-9-17(10-14-19)6-5-15(2)3;7-5-1-2-6(8)4-3-5;4*1-2/h7-8,11-12,17,19H,2,4-6,9-10,13-14H2,1,3H3;1-4H;2*1-2H3;2*1-2H2. The second kappa shape index (κ2) is 26.1. The molecule has 1 fully saturated rings. The molecule has 0 bridgehead atoms. The van der Waals surface area contributed by atoms with Crippen molar-refractivity contribution >= 4 is 0 Å². The van der Waals surface area contributed by atoms with Gasteiger partial charge >= 0.3 is 0 Å². The van der Waals surface area contributed by atoms with E-state index >= 15 is 0 Å². The van der Waals surface area contributed by atoms with E-state index in [4.69, 9.17) is 0 Å². The molecule has 2 heteroatoms. The molecule has 0 aliphatic heterocycles. The Morgan fingerprint density at radius 3 is 1.49 bits per heavy atom. The van der Waals surface area contributed by atoms with E-state index in [0.29, 0.717) is 0 Å². The van der Waals surface area contributed by atoms with Crippen LogP contribution in [0, 0.1) is 17.6 Å². The Bertz CT molecular complexity index is 685. The van der Waals surface area contributed by atoms with Crippen molar-refractivity contribution < 1.29 is 8.78 Å². The molecule has 1 aliphatic carbocycles. The van der Waals surface area contributed by atoms with Crippen LogP contribution in [0.1, 0.15) is 97.1 Å². The molecular weight excluding hydrogens is 434 g/mol. The van der Waals surface area contributed by atoms with Gasteiger partial charge in [-0.25, -0.2) is 8.78 Å². The Kier molecular flexibility index (Phi) is 27.7. The zero-order chi connectivity index (χ0) is 27.6. The molecule has 3 rings (SSSR count). The van der Waals surface area contributed by atoms with E-state index in [1.165, 1.54) is 49.7 Å². The first-order chi connectivity index (χ1) is 17.0. The number of aryl methyl sites for hydroxylation is 1. The molecule has 0 radical (unpaired) electrons. The largest absolute Gasteiger partial charge is 0.207 e. The van der Waals surface area contributed by atoms with Crippen molar-refractivity contribution in [3.8, 4) is 0 Å². The molecule has 2 aromatic rings. The van der Waals surface area contributed by atoms with Gasteiger partial charge < -0.3 is 0 Å². The molecule has 0 heterocycles. The summed E-state index contributed by atoms with van der Waals surface area (Å²) in [4.78, 5) is 0. The summed E-state index contributed by atoms with van der Waals surface area (Å²) < 4.78 is 23.8. The van der Waals surface area contributed by atoms with Crippen LogP contribution in [-0.4, -0.2) is 0 Å². The van der Waals surface area contributed by atoms with Crippen LogP contribution < -0.4 is 0 Å². The van der Waals surface area contributed by atoms with E-state index < -0.39 is 11.6 Å². The summed E-state index contributed by atoms with van der Waals surface area (Å²) in [6.45, 7) is 28.4. The first-order valence-electron chi connectivity index (χ1n) is 13.1. The van der Waals surface area contributed by atoms with Gasteiger partial charge in [0.15, 0.2) is 0 Å². The summed E-state index contributed by atoms with van der Waals surface area (Å²) in [6.07, 6.45) is 9.31. The first-order valence-corrected chi connectivity index (χ1v) is 13.1. The lowest BCUT2D eigenvalue weighted by atomic mass is 9.77. The van der Waals surface area contributed by atoms with Crippen LogP contribution in [0.2, 0.25) is 0 Å². The predicted molar refractivity (Wildman–Crippen MR) is 156 cm³/mol. The second-order valence-electron chi connectivity index (χ2n) is 7.75. The topological polar surface area (TPSA) is 0 Å². The summed E-state index contributed by atoms with van der Waals surface area (Å²) in [7, 11) is 0. The highest BCUT2D eigenvalue weighted by atomic mass is 19.1. The van der Waals surface area contributed by atoms with Gasteiger partial charge in [-0.3, -0.25) is 0 Å². The number of rotatable bonds is 5. The summed E-state index contributed by atoms with van der Waals surface area (Å²) in [5, 5.41) is 0. The molecule has 0 atom stereocenters. The highest BCUT2D eigenvalue weighted by Gasteiger charge is 2.21. The Morgan fingerprint density at radius 1 is 0.743 bits per heavy atom. The van der Waals surface area contributed by atoms with E-state index in [1.807, 2.05) is 27.7 Å². The third kappa shape index (κ3) is 18.5. The SMILES string of the molecule is C=C.C=C.C=C(C)CCC1CCC(c2ccc(CC)cc2)CC1.CC.CC.Fc1ccc(F)cc1. The summed E-state index contributed by atoms with van der Waals surface area (Å²) >= 11 is 0. The zero-order valence-electron chi connectivity index (χ0n) is 23.5. The fourth-order valence-electron chi connectivity index (χ4n) is 3.69. The maximum absolute atomic E-state index is 11.9. The van der Waals surface area contributed by atoms with Crippen LogP contribution in [-0.2, 0) is 6.42 Å². The van der Waals surface area contributed by atoms with Crippen LogP contribution >= 0.6 is 0 Å². The van der Waals surface area contributed by atoms with Gasteiger partial charge in [0.2, 0.25) is 0 Å². The van der Waals surface area contributed by atoms with Gasteiger partial charge in [0.1, 0.15) is 11.6 Å². The van der Waals surface area contributed by atoms with Crippen LogP contribution in [0.25, 0.3) is 0 Å². The lowest BCUT2D eigenvalue weighted by molar-refractivity contribution is 0.310. The van der Waals surface area contributed by atoms with Crippen LogP contribution in [0.5, 0.6) is 0 Å². The van der Waals surface area contributed by atoms with Gasteiger partial charge in [0.05, 0.1) is 0 Å². The third-order valence-electron chi connectivity index (χ3n) is 5.49. The highest BCUT2D eigenvalue weighted by Crippen LogP contribution is 2.37. The smallest absolute Gasteiger partial charge is 0.123 e. The summed E-state index contributed by atoms with van der Waals surface area (Å²) in [5.41, 5.74) is 4.37. The van der Waals surface area contributed by atoms with Crippen molar-refractivity contribution in [3.63, 3.8) is 0 Å². The van der Waals surface area contributed by atoms with Crippen molar-refractivity contribution in [2.45, 2.75) is 92.4 Å². The van der Waals surface area contributed by atoms with E-state index in [2.05, 4.69) is 71.0 Å². The lowest BCUT2D eigenvalue weighted by Gasteiger charge is -2.29. The number of allylic oxidation sites excluding steroid dienone is 1. The summed E-state index contributed by atoms with van der Waals surface area (Å²) in [6, 6.07) is 13.6. The maximum atomic E-state index is 11.9. The third-order valence-corrected chi connectivity index (χ3v) is 5.49. The highest BCUT2D eigenvalue weighted by molar-refractivity contribution is 5.25. The van der Waals surface area contributed by atoms with E-state index in [-0.39, 0.29) is 0 Å². The molecule has 198 valence electrons. The number of halogens is 2. The van der Waals surface area contributed by atoms with E-state index in [0.717, 1.165) is 42.5 Å². The van der Waals surface area contributed by atoms with Crippen molar-refractivity contribution in [2.75, 3.05) is 0 Å². The van der Waals surface area contributed by atoms with Gasteiger partial charge in [-0.2, -0.15) is 0 Å². The molecule has 0 aromatic heterocycles. The van der Waals surface area contributed by atoms with Crippen molar-refractivity contribution in [1.82, 2.24) is 0 Å². The van der Waals surface area contributed by atoms with Crippen molar-refractivity contribution in [3.05, 3.63) is 110 Å². The fourth-order valence-corrected chi connectivity index (χ4v) is 3.69. The zero-order valence-corrected chi connectivity index (χ0v) is 23.5. The maximum Gasteiger partial charge on any atom is 0.123 e. The molecule has 0 nitrogen and oxygen atoms in total. The van der Waals surface area contributed by atoms with E-state index in [9.17, 15) is 8.78 Å². The van der Waals surface area contributed by atoms with Gasteiger partial charge in [0, 0.05) is 0 Å². The molecule has 1 aliphatic rings. The van der Waals surface area contributed by atoms with Gasteiger partial charge in [0.25, 0.3) is 0 Å². The van der Waals surface area contributed by atoms with Gasteiger partial charge in [-0.15, -0.1) is 32.9 Å². The fraction of sp³-hybridized carbons (Fsp3) is 0.455. The predicted octanol–water partition coefficient (Wildman–Crippen LogP) is 11.5. The Morgan fingerprint density at radius 2 is 1.14 bits per heavy atom. The molecular formula is C33H52F2. The Labute approximate surface area is 216 Å². The minimum absolute atomic E-state index is 0.411. The van der Waals surface area contributed by atoms with Crippen LogP contribution in [0.3, 0.4) is 0 Å². The monoisotopic (exact) mass is 486 g/mol. The second-order valence-corrected chi connectivity index (χ2v) is 7.75. The number of hydrogen-bond donors (Lipinski definition) is 0. The minimum Gasteiger partial charge on any atom is -0.207 e. The van der Waals surface area contributed by atoms with Gasteiger partial charge in [-0.05, 0) is 99.1 Å². The normalized spacial score (nSPS) is 15.3. The molecule has 0 N–H and O–H groups in total. The molecule has 0 amide bonds. The molecule has 1 saturated carbocycles. The van der Waals surface area contributed by atoms with Crippen molar-refractivity contribution in [1.29, 1.82) is 0 Å². The van der Waals surface area contributed by atoms with Gasteiger partial charge in [-0.1, -0.05) is 64.5 Å². The first kappa shape index (κ1) is 37.1. The van der Waals surface area contributed by atoms with Crippen molar-refractivity contribution in [2.24, 2.45) is 5.92 Å². The lowest BCUT2D eigenvalue weighted by Crippen LogP contribution is -2.13. The average Bonchev–Trinajstić information content (AvgIpc) is 2.94. The molecule has 0 unspecified atom stereocenters. The van der Waals surface area contributed by atoms with Crippen LogP contribution in [0.15, 0.2) is 87.0 Å². The van der Waals surface area contributed by atoms with E-state index in [1.54, 1.807) is 5.56 Å². The van der Waals surface area contributed by atoms with Crippen LogP contribution in [0.4, 0.5) is 8.78 Å². The minimum atomic E-state index is -0.411. The number of benzene rings is 2. The molecule has 2 aromatic carbocycles. The molecule has 0 spiro atoms. The Hall–Kier alpha value is -2.48. The Balaban J connectivity index is -0.000000534. The summed E-state index contributed by atoms with van der Waals surface area (Å²) in [5.74, 6) is 0.938. The number of hydrogen-bond acceptors (Lipinski definition) is 0. The average molecular weight is 487 g/mol. The molecule has 0 saturated heterocycles.